The van der Waals surface area contributed by atoms with Crippen molar-refractivity contribution in [3.8, 4) is 51.0 Å². The first-order valence-electron chi connectivity index (χ1n) is 20.4. The predicted octanol–water partition coefficient (Wildman–Crippen LogP) is 14.6. The zero-order chi connectivity index (χ0) is 40.0. The minimum atomic E-state index is 0.576. The van der Waals surface area contributed by atoms with Gasteiger partial charge in [0.25, 0.3) is 0 Å². The lowest BCUT2D eigenvalue weighted by Crippen LogP contribution is -2.00. The summed E-state index contributed by atoms with van der Waals surface area (Å²) in [4.78, 5) is 15.4. The van der Waals surface area contributed by atoms with Crippen LogP contribution in [-0.2, 0) is 0 Å². The van der Waals surface area contributed by atoms with E-state index in [4.69, 9.17) is 23.8 Å². The molecule has 0 aliphatic heterocycles. The zero-order valence-corrected chi connectivity index (χ0v) is 32.6. The molecule has 0 bridgehead atoms. The smallest absolute Gasteiger partial charge is 0.164 e. The molecular weight excluding hydrogens is 749 g/mol. The third kappa shape index (κ3) is 5.26. The molecule has 13 aromatic rings. The summed E-state index contributed by atoms with van der Waals surface area (Å²) < 4.78 is 15.6. The number of hydrogen-bond acceptors (Lipinski definition) is 5. The minimum Gasteiger partial charge on any atom is -0.456 e. The van der Waals surface area contributed by atoms with Crippen LogP contribution in [0.5, 0.6) is 0 Å². The predicted molar refractivity (Wildman–Crippen MR) is 248 cm³/mol. The molecule has 0 saturated carbocycles. The molecule has 0 atom stereocenters. The molecule has 284 valence electrons. The topological polar surface area (TPSA) is 69.9 Å². The summed E-state index contributed by atoms with van der Waals surface area (Å²) in [5.74, 6) is 1.79. The van der Waals surface area contributed by atoms with Crippen LogP contribution < -0.4 is 0 Å². The Bertz CT molecular complexity index is 3840. The van der Waals surface area contributed by atoms with E-state index in [0.717, 1.165) is 99.2 Å². The van der Waals surface area contributed by atoms with E-state index in [-0.39, 0.29) is 0 Å². The number of benzene rings is 9. The van der Waals surface area contributed by atoms with E-state index in [1.165, 1.54) is 10.8 Å². The lowest BCUT2D eigenvalue weighted by atomic mass is 9.96. The SMILES string of the molecule is c1ccc(-c2nc(-c3ccc4ccccc4c3)nc(-c3cccc4oc5ccc(-c6cc(-n7c8ccccc8c8ccccc87)cc7oc8ccccc8c67)cc5c34)n2)cc1. The summed E-state index contributed by atoms with van der Waals surface area (Å²) in [5, 5.41) is 8.76. The van der Waals surface area contributed by atoms with Crippen LogP contribution in [0.1, 0.15) is 0 Å². The molecule has 0 aliphatic carbocycles. The molecule has 0 aliphatic rings. The van der Waals surface area contributed by atoms with Crippen LogP contribution >= 0.6 is 0 Å². The third-order valence-electron chi connectivity index (χ3n) is 12.0. The molecule has 4 heterocycles. The maximum atomic E-state index is 6.66. The van der Waals surface area contributed by atoms with E-state index in [1.54, 1.807) is 0 Å². The van der Waals surface area contributed by atoms with Crippen molar-refractivity contribution in [2.45, 2.75) is 0 Å². The Balaban J connectivity index is 1.05. The van der Waals surface area contributed by atoms with Crippen LogP contribution in [0.4, 0.5) is 0 Å². The molecule has 61 heavy (non-hydrogen) atoms. The fourth-order valence-electron chi connectivity index (χ4n) is 9.25. The molecular formula is C55H32N4O2. The normalized spacial score (nSPS) is 11.9. The van der Waals surface area contributed by atoms with Gasteiger partial charge in [0.05, 0.1) is 16.7 Å². The van der Waals surface area contributed by atoms with E-state index in [2.05, 4.69) is 144 Å². The second-order valence-electron chi connectivity index (χ2n) is 15.6. The maximum Gasteiger partial charge on any atom is 0.164 e. The van der Waals surface area contributed by atoms with Crippen LogP contribution in [0.2, 0.25) is 0 Å². The lowest BCUT2D eigenvalue weighted by molar-refractivity contribution is 0.668. The van der Waals surface area contributed by atoms with Gasteiger partial charge in [-0.25, -0.2) is 15.0 Å². The Morgan fingerprint density at radius 1 is 0.328 bits per heavy atom. The second kappa shape index (κ2) is 13.1. The molecule has 0 unspecified atom stereocenters. The fourth-order valence-corrected chi connectivity index (χ4v) is 9.25. The van der Waals surface area contributed by atoms with Crippen LogP contribution in [0.15, 0.2) is 203 Å². The Morgan fingerprint density at radius 2 is 0.934 bits per heavy atom. The number of hydrogen-bond donors (Lipinski definition) is 0. The fraction of sp³-hybridized carbons (Fsp3) is 0. The summed E-state index contributed by atoms with van der Waals surface area (Å²) in [7, 11) is 0. The number of aromatic nitrogens is 4. The van der Waals surface area contributed by atoms with Crippen molar-refractivity contribution in [2.75, 3.05) is 0 Å². The first kappa shape index (κ1) is 33.6. The van der Waals surface area contributed by atoms with Gasteiger partial charge >= 0.3 is 0 Å². The molecule has 0 N–H and O–H groups in total. The highest BCUT2D eigenvalue weighted by molar-refractivity contribution is 6.17. The Morgan fingerprint density at radius 3 is 1.75 bits per heavy atom. The first-order valence-corrected chi connectivity index (χ1v) is 20.4. The van der Waals surface area contributed by atoms with Crippen molar-refractivity contribution in [3.05, 3.63) is 194 Å². The van der Waals surface area contributed by atoms with Crippen LogP contribution in [0.3, 0.4) is 0 Å². The average molecular weight is 781 g/mol. The number of furan rings is 2. The van der Waals surface area contributed by atoms with Crippen LogP contribution in [0.25, 0.3) is 127 Å². The molecule has 0 saturated heterocycles. The molecule has 0 amide bonds. The van der Waals surface area contributed by atoms with Crippen molar-refractivity contribution in [1.82, 2.24) is 19.5 Å². The van der Waals surface area contributed by atoms with Gasteiger partial charge in [0.1, 0.15) is 22.3 Å². The van der Waals surface area contributed by atoms with Gasteiger partial charge in [0, 0.05) is 55.1 Å². The molecule has 6 nitrogen and oxygen atoms in total. The van der Waals surface area contributed by atoms with Gasteiger partial charge in [0.15, 0.2) is 17.5 Å². The molecule has 6 heteroatoms. The largest absolute Gasteiger partial charge is 0.456 e. The van der Waals surface area contributed by atoms with Gasteiger partial charge in [-0.15, -0.1) is 0 Å². The average Bonchev–Trinajstić information content (AvgIpc) is 4.00. The standard InChI is InChI=1S/C55H32N4O2/c1-2-14-34(15-3-1)53-56-54(37-26-25-33-13-4-5-16-35(33)29-37)58-55(57-53)42-20-12-24-49-52(42)44-30-36(27-28-48(44)60-49)43-31-38(32-50-51(43)41-19-8-11-23-47(41)61-50)59-45-21-9-6-17-39(45)40-18-7-10-22-46(40)59/h1-32H. The van der Waals surface area contributed by atoms with Gasteiger partial charge in [-0.2, -0.15) is 0 Å². The van der Waals surface area contributed by atoms with Gasteiger partial charge in [-0.1, -0.05) is 140 Å². The number of nitrogens with zero attached hydrogens (tertiary/aromatic N) is 4. The highest BCUT2D eigenvalue weighted by Gasteiger charge is 2.22. The molecule has 0 radical (unpaired) electrons. The van der Waals surface area contributed by atoms with Gasteiger partial charge in [0.2, 0.25) is 0 Å². The van der Waals surface area contributed by atoms with E-state index in [1.807, 2.05) is 54.6 Å². The van der Waals surface area contributed by atoms with Crippen LogP contribution in [-0.4, -0.2) is 19.5 Å². The summed E-state index contributed by atoms with van der Waals surface area (Å²) >= 11 is 0. The number of rotatable bonds is 5. The summed E-state index contributed by atoms with van der Waals surface area (Å²) in [6.45, 7) is 0. The van der Waals surface area contributed by atoms with Gasteiger partial charge in [-0.05, 0) is 70.4 Å². The lowest BCUT2D eigenvalue weighted by Gasteiger charge is -2.12. The van der Waals surface area contributed by atoms with E-state index >= 15 is 0 Å². The van der Waals surface area contributed by atoms with Crippen LogP contribution in [0, 0.1) is 0 Å². The number of para-hydroxylation sites is 3. The molecule has 9 aromatic carbocycles. The Labute approximate surface area is 348 Å². The summed E-state index contributed by atoms with van der Waals surface area (Å²) in [5.41, 5.74) is 11.3. The second-order valence-corrected chi connectivity index (χ2v) is 15.6. The van der Waals surface area contributed by atoms with Crippen molar-refractivity contribution >= 4 is 76.5 Å². The van der Waals surface area contributed by atoms with Crippen molar-refractivity contribution in [2.24, 2.45) is 0 Å². The summed E-state index contributed by atoms with van der Waals surface area (Å²) in [6.07, 6.45) is 0. The van der Waals surface area contributed by atoms with Crippen molar-refractivity contribution in [3.63, 3.8) is 0 Å². The monoisotopic (exact) mass is 780 g/mol. The Hall–Kier alpha value is -8.35. The zero-order valence-electron chi connectivity index (χ0n) is 32.6. The minimum absolute atomic E-state index is 0.576. The molecule has 0 spiro atoms. The maximum absolute atomic E-state index is 6.66. The van der Waals surface area contributed by atoms with Gasteiger partial charge < -0.3 is 13.4 Å². The number of fused-ring (bicyclic) bond motifs is 10. The first-order chi connectivity index (χ1) is 30.2. The van der Waals surface area contributed by atoms with Gasteiger partial charge in [-0.3, -0.25) is 0 Å². The van der Waals surface area contributed by atoms with Crippen molar-refractivity contribution < 1.29 is 8.83 Å². The molecule has 0 fully saturated rings. The third-order valence-corrected chi connectivity index (χ3v) is 12.0. The Kier molecular flexibility index (Phi) is 7.21. The van der Waals surface area contributed by atoms with E-state index in [9.17, 15) is 0 Å². The quantitative estimate of drug-likeness (QED) is 0.174. The van der Waals surface area contributed by atoms with E-state index < -0.39 is 0 Å². The molecule has 4 aromatic heterocycles. The van der Waals surface area contributed by atoms with Crippen molar-refractivity contribution in [1.29, 1.82) is 0 Å². The summed E-state index contributed by atoms with van der Waals surface area (Å²) in [6, 6.07) is 67.4. The highest BCUT2D eigenvalue weighted by atomic mass is 16.3. The van der Waals surface area contributed by atoms with E-state index in [0.29, 0.717) is 17.5 Å². The highest BCUT2D eigenvalue weighted by Crippen LogP contribution is 2.44. The molecule has 13 rings (SSSR count).